The molecule has 0 aromatic heterocycles. The molecule has 0 spiro atoms. The molecule has 0 saturated heterocycles. The number of esters is 1. The van der Waals surface area contributed by atoms with E-state index in [1.54, 1.807) is 13.0 Å². The van der Waals surface area contributed by atoms with Crippen molar-refractivity contribution >= 4 is 11.7 Å². The van der Waals surface area contributed by atoms with Gasteiger partial charge >= 0.3 is 5.97 Å². The molecule has 8 heteroatoms. The summed E-state index contributed by atoms with van der Waals surface area (Å²) in [4.78, 5) is 23.1. The summed E-state index contributed by atoms with van der Waals surface area (Å²) in [5, 5.41) is 20.8. The van der Waals surface area contributed by atoms with Crippen molar-refractivity contribution in [3.05, 3.63) is 62.7 Å². The Morgan fingerprint density at radius 3 is 2.75 bits per heavy atom. The van der Waals surface area contributed by atoms with Crippen molar-refractivity contribution in [2.45, 2.75) is 19.8 Å². The van der Waals surface area contributed by atoms with Crippen LogP contribution in [0, 0.1) is 21.4 Å². The van der Waals surface area contributed by atoms with Gasteiger partial charge < -0.3 is 15.2 Å². The number of nitriles is 1. The van der Waals surface area contributed by atoms with E-state index < -0.39 is 16.8 Å². The number of benzene rings is 1. The third kappa shape index (κ3) is 2.92. The molecule has 2 N–H and O–H groups in total. The molecule has 1 unspecified atom stereocenters. The minimum atomic E-state index is -1.02. The fourth-order valence-corrected chi connectivity index (χ4v) is 2.56. The molecule has 0 amide bonds. The molecule has 0 bridgehead atoms. The number of para-hydroxylation sites is 1. The Hall–Kier alpha value is -3.34. The fraction of sp³-hybridized carbons (Fsp3) is 0.250. The zero-order valence-electron chi connectivity index (χ0n) is 13.1. The maximum atomic E-state index is 12.3. The summed E-state index contributed by atoms with van der Waals surface area (Å²) >= 11 is 0. The van der Waals surface area contributed by atoms with Crippen LogP contribution in [-0.4, -0.2) is 17.5 Å². The monoisotopic (exact) mass is 329 g/mol. The summed E-state index contributed by atoms with van der Waals surface area (Å²) in [6.07, 6.45) is 0. The smallest absolute Gasteiger partial charge is 0.338 e. The highest BCUT2D eigenvalue weighted by atomic mass is 16.6. The van der Waals surface area contributed by atoms with Crippen LogP contribution >= 0.6 is 0 Å². The SMILES string of the molecule is CCOC(=O)C1=C(C)OC(N)=C(C#N)C1c1ccccc1[N+](=O)[O-]. The van der Waals surface area contributed by atoms with Crippen molar-refractivity contribution < 1.29 is 19.2 Å². The largest absolute Gasteiger partial charge is 0.463 e. The molecule has 124 valence electrons. The second-order valence-corrected chi connectivity index (χ2v) is 4.93. The molecule has 2 rings (SSSR count). The van der Waals surface area contributed by atoms with Gasteiger partial charge in [-0.25, -0.2) is 4.79 Å². The van der Waals surface area contributed by atoms with Crippen LogP contribution in [-0.2, 0) is 14.3 Å². The molecule has 0 aliphatic carbocycles. The zero-order chi connectivity index (χ0) is 17.9. The molecule has 1 aliphatic rings. The average Bonchev–Trinajstić information content (AvgIpc) is 2.54. The van der Waals surface area contributed by atoms with Crippen molar-refractivity contribution in [2.24, 2.45) is 5.73 Å². The number of nitro benzene ring substituents is 1. The van der Waals surface area contributed by atoms with Gasteiger partial charge in [-0.1, -0.05) is 18.2 Å². The minimum absolute atomic E-state index is 0.0249. The lowest BCUT2D eigenvalue weighted by Crippen LogP contribution is -2.26. The maximum absolute atomic E-state index is 12.3. The lowest BCUT2D eigenvalue weighted by molar-refractivity contribution is -0.385. The third-order valence-electron chi connectivity index (χ3n) is 3.55. The van der Waals surface area contributed by atoms with Gasteiger partial charge in [-0.2, -0.15) is 5.26 Å². The number of allylic oxidation sites excluding steroid dienone is 2. The van der Waals surface area contributed by atoms with Crippen LogP contribution in [0.15, 0.2) is 47.1 Å². The highest BCUT2D eigenvalue weighted by molar-refractivity contribution is 5.93. The lowest BCUT2D eigenvalue weighted by atomic mass is 9.82. The number of ether oxygens (including phenoxy) is 2. The average molecular weight is 329 g/mol. The van der Waals surface area contributed by atoms with Gasteiger partial charge in [0.1, 0.15) is 17.4 Å². The standard InChI is InChI=1S/C16H15N3O5/c1-3-23-16(20)13-9(2)24-15(18)11(8-17)14(13)10-6-4-5-7-12(10)19(21)22/h4-7,14H,3,18H2,1-2H3. The molecule has 0 radical (unpaired) electrons. The van der Waals surface area contributed by atoms with Crippen molar-refractivity contribution in [2.75, 3.05) is 6.61 Å². The topological polar surface area (TPSA) is 128 Å². The number of hydrogen-bond acceptors (Lipinski definition) is 7. The van der Waals surface area contributed by atoms with Crippen molar-refractivity contribution in [3.63, 3.8) is 0 Å². The number of nitrogens with two attached hydrogens (primary N) is 1. The Morgan fingerprint density at radius 1 is 1.50 bits per heavy atom. The molecule has 1 aromatic rings. The number of hydrogen-bond donors (Lipinski definition) is 1. The Morgan fingerprint density at radius 2 is 2.17 bits per heavy atom. The molecule has 1 aromatic carbocycles. The van der Waals surface area contributed by atoms with E-state index in [1.165, 1.54) is 25.1 Å². The van der Waals surface area contributed by atoms with E-state index in [9.17, 15) is 20.2 Å². The van der Waals surface area contributed by atoms with E-state index in [0.29, 0.717) is 0 Å². The van der Waals surface area contributed by atoms with E-state index in [-0.39, 0.29) is 40.6 Å². The van der Waals surface area contributed by atoms with Crippen molar-refractivity contribution in [3.8, 4) is 6.07 Å². The van der Waals surface area contributed by atoms with Crippen LogP contribution in [0.3, 0.4) is 0 Å². The first-order valence-corrected chi connectivity index (χ1v) is 7.11. The van der Waals surface area contributed by atoms with Gasteiger partial charge in [0, 0.05) is 11.6 Å². The Kier molecular flexibility index (Phi) is 4.84. The van der Waals surface area contributed by atoms with Gasteiger partial charge in [-0.3, -0.25) is 10.1 Å². The number of nitrogens with zero attached hydrogens (tertiary/aromatic N) is 2. The summed E-state index contributed by atoms with van der Waals surface area (Å²) in [6.45, 7) is 3.24. The van der Waals surface area contributed by atoms with Crippen LogP contribution in [0.5, 0.6) is 0 Å². The molecule has 0 saturated carbocycles. The van der Waals surface area contributed by atoms with Crippen LogP contribution in [0.25, 0.3) is 0 Å². The summed E-state index contributed by atoms with van der Waals surface area (Å²) in [5.74, 6) is -1.78. The first-order valence-electron chi connectivity index (χ1n) is 7.11. The number of carbonyl (C=O) groups excluding carboxylic acids is 1. The second kappa shape index (κ2) is 6.83. The number of nitro groups is 1. The normalized spacial score (nSPS) is 17.1. The molecule has 8 nitrogen and oxygen atoms in total. The summed E-state index contributed by atoms with van der Waals surface area (Å²) < 4.78 is 10.3. The Bertz CT molecular complexity index is 804. The molecule has 24 heavy (non-hydrogen) atoms. The van der Waals surface area contributed by atoms with Crippen LogP contribution < -0.4 is 5.73 Å². The van der Waals surface area contributed by atoms with Crippen LogP contribution in [0.2, 0.25) is 0 Å². The van der Waals surface area contributed by atoms with E-state index in [1.807, 2.05) is 6.07 Å². The zero-order valence-corrected chi connectivity index (χ0v) is 13.1. The molecular formula is C16H15N3O5. The van der Waals surface area contributed by atoms with Gasteiger partial charge in [0.15, 0.2) is 0 Å². The highest BCUT2D eigenvalue weighted by Gasteiger charge is 2.39. The first-order chi connectivity index (χ1) is 11.4. The minimum Gasteiger partial charge on any atom is -0.463 e. The molecule has 1 atom stereocenters. The molecule has 1 heterocycles. The highest BCUT2D eigenvalue weighted by Crippen LogP contribution is 2.42. The summed E-state index contributed by atoms with van der Waals surface area (Å²) in [5.41, 5.74) is 5.65. The first kappa shape index (κ1) is 17.0. The van der Waals surface area contributed by atoms with Gasteiger partial charge in [-0.05, 0) is 13.8 Å². The van der Waals surface area contributed by atoms with Crippen molar-refractivity contribution in [1.82, 2.24) is 0 Å². The van der Waals surface area contributed by atoms with Crippen molar-refractivity contribution in [1.29, 1.82) is 5.26 Å². The summed E-state index contributed by atoms with van der Waals surface area (Å²) in [6, 6.07) is 7.74. The third-order valence-corrected chi connectivity index (χ3v) is 3.55. The Balaban J connectivity index is 2.73. The maximum Gasteiger partial charge on any atom is 0.338 e. The van der Waals surface area contributed by atoms with E-state index >= 15 is 0 Å². The number of carbonyl (C=O) groups is 1. The fourth-order valence-electron chi connectivity index (χ4n) is 2.56. The predicted molar refractivity (Wildman–Crippen MR) is 83.1 cm³/mol. The lowest BCUT2D eigenvalue weighted by Gasteiger charge is -2.26. The van der Waals surface area contributed by atoms with Gasteiger partial charge in [-0.15, -0.1) is 0 Å². The number of rotatable bonds is 4. The van der Waals surface area contributed by atoms with E-state index in [4.69, 9.17) is 15.2 Å². The molecule has 1 aliphatic heterocycles. The summed E-state index contributed by atoms with van der Waals surface area (Å²) in [7, 11) is 0. The van der Waals surface area contributed by atoms with Gasteiger partial charge in [0.05, 0.1) is 23.0 Å². The molecular weight excluding hydrogens is 314 g/mol. The second-order valence-electron chi connectivity index (χ2n) is 4.93. The van der Waals surface area contributed by atoms with Gasteiger partial charge in [0.2, 0.25) is 5.88 Å². The Labute approximate surface area is 137 Å². The van der Waals surface area contributed by atoms with E-state index in [2.05, 4.69) is 0 Å². The van der Waals surface area contributed by atoms with Crippen LogP contribution in [0.1, 0.15) is 25.3 Å². The predicted octanol–water partition coefficient (Wildman–Crippen LogP) is 2.24. The van der Waals surface area contributed by atoms with E-state index in [0.717, 1.165) is 0 Å². The van der Waals surface area contributed by atoms with Crippen LogP contribution in [0.4, 0.5) is 5.69 Å². The van der Waals surface area contributed by atoms with Gasteiger partial charge in [0.25, 0.3) is 5.69 Å². The molecule has 0 fully saturated rings. The quantitative estimate of drug-likeness (QED) is 0.509.